The van der Waals surface area contributed by atoms with Gasteiger partial charge in [0, 0.05) is 0 Å². The molecular weight excluding hydrogens is 208 g/mol. The molecule has 0 radical (unpaired) electrons. The summed E-state index contributed by atoms with van der Waals surface area (Å²) < 4.78 is 0. The van der Waals surface area contributed by atoms with E-state index in [1.54, 1.807) is 12.1 Å². The lowest BCUT2D eigenvalue weighted by Crippen LogP contribution is -2.50. The van der Waals surface area contributed by atoms with Gasteiger partial charge in [-0.25, -0.2) is 9.79 Å². The number of hydrogen-bond acceptors (Lipinski definition) is 4. The molecule has 1 N–H and O–H groups in total. The quantitative estimate of drug-likeness (QED) is 0.598. The number of nitrogens with zero attached hydrogens (tertiary/aromatic N) is 3. The van der Waals surface area contributed by atoms with Crippen molar-refractivity contribution < 1.29 is 9.59 Å². The first-order valence-electron chi connectivity index (χ1n) is 4.69. The van der Waals surface area contributed by atoms with E-state index in [-0.39, 0.29) is 5.84 Å². The summed E-state index contributed by atoms with van der Waals surface area (Å²) in [6.07, 6.45) is 0. The van der Waals surface area contributed by atoms with Crippen molar-refractivity contribution in [2.75, 3.05) is 0 Å². The summed E-state index contributed by atoms with van der Waals surface area (Å²) in [5, 5.41) is 3.35. The van der Waals surface area contributed by atoms with E-state index < -0.39 is 18.0 Å². The van der Waals surface area contributed by atoms with Crippen molar-refractivity contribution >= 4 is 17.8 Å². The van der Waals surface area contributed by atoms with Gasteiger partial charge in [0.1, 0.15) is 0 Å². The summed E-state index contributed by atoms with van der Waals surface area (Å²) in [5.41, 5.74) is 0. The Morgan fingerprint density at radius 1 is 1.06 bits per heavy atom. The fourth-order valence-electron chi connectivity index (χ4n) is 1.62. The first-order chi connectivity index (χ1) is 7.74. The molecule has 2 aliphatic heterocycles. The fraction of sp³-hybridized carbons (Fsp3) is 0.100. The van der Waals surface area contributed by atoms with Gasteiger partial charge >= 0.3 is 6.03 Å². The number of fused-ring (bicyclic) bond motifs is 2. The van der Waals surface area contributed by atoms with Crippen LogP contribution in [0, 0.1) is 0 Å². The normalized spacial score (nSPS) is 22.0. The Morgan fingerprint density at radius 2 is 1.81 bits per heavy atom. The predicted molar refractivity (Wildman–Crippen MR) is 53.5 cm³/mol. The Labute approximate surface area is 89.4 Å². The monoisotopic (exact) mass is 214 g/mol. The third-order valence-corrected chi connectivity index (χ3v) is 2.32. The highest BCUT2D eigenvalue weighted by Gasteiger charge is 2.31. The van der Waals surface area contributed by atoms with Crippen LogP contribution in [0.2, 0.25) is 0 Å². The van der Waals surface area contributed by atoms with Gasteiger partial charge in [-0.1, -0.05) is 12.1 Å². The number of urea groups is 1. The summed E-state index contributed by atoms with van der Waals surface area (Å²) >= 11 is 0. The maximum atomic E-state index is 11.5. The average molecular weight is 214 g/mol. The molecule has 0 aromatic heterocycles. The minimum Gasteiger partial charge on any atom is -0.274 e. The standard InChI is InChI=1S/C10H6N4O2/c15-9-7-8(13-10(16)14-9)12-6-4-2-1-3-5(6)11-7/h1-4,7H,(H,14,15,16). The van der Waals surface area contributed by atoms with Gasteiger partial charge in [-0.2, -0.15) is 4.99 Å². The van der Waals surface area contributed by atoms with E-state index in [0.717, 1.165) is 0 Å². The molecular formula is C10H6N4O2. The van der Waals surface area contributed by atoms with Crippen molar-refractivity contribution in [3.05, 3.63) is 35.0 Å². The Morgan fingerprint density at radius 3 is 2.62 bits per heavy atom. The molecule has 2 heterocycles. The van der Waals surface area contributed by atoms with Crippen LogP contribution in [0.5, 0.6) is 0 Å². The van der Waals surface area contributed by atoms with Crippen LogP contribution in [0.25, 0.3) is 0 Å². The summed E-state index contributed by atoms with van der Waals surface area (Å²) in [7, 11) is 0. The molecule has 3 rings (SSSR count). The van der Waals surface area contributed by atoms with Crippen LogP contribution < -0.4 is 16.0 Å². The van der Waals surface area contributed by atoms with Crippen molar-refractivity contribution in [1.29, 1.82) is 0 Å². The third kappa shape index (κ3) is 1.23. The van der Waals surface area contributed by atoms with Gasteiger partial charge in [0.05, 0.1) is 10.7 Å². The Hall–Kier alpha value is -2.37. The van der Waals surface area contributed by atoms with E-state index in [0.29, 0.717) is 10.7 Å². The molecule has 78 valence electrons. The van der Waals surface area contributed by atoms with Crippen molar-refractivity contribution in [2.45, 2.75) is 6.04 Å². The molecule has 3 amide bonds. The second kappa shape index (κ2) is 3.06. The molecule has 0 aliphatic carbocycles. The number of nitrogens with one attached hydrogen (secondary N) is 1. The first-order valence-corrected chi connectivity index (χ1v) is 4.69. The van der Waals surface area contributed by atoms with Crippen molar-refractivity contribution in [1.82, 2.24) is 5.32 Å². The number of benzene rings is 1. The van der Waals surface area contributed by atoms with Gasteiger partial charge in [0.2, 0.25) is 0 Å². The van der Waals surface area contributed by atoms with Crippen LogP contribution in [0.4, 0.5) is 4.79 Å². The van der Waals surface area contributed by atoms with E-state index in [4.69, 9.17) is 0 Å². The molecule has 1 aromatic rings. The van der Waals surface area contributed by atoms with Gasteiger partial charge in [0.15, 0.2) is 11.9 Å². The number of amides is 3. The Kier molecular flexibility index (Phi) is 1.70. The number of carbonyl (C=O) groups is 2. The summed E-state index contributed by atoms with van der Waals surface area (Å²) in [5.74, 6) is -0.319. The lowest BCUT2D eigenvalue weighted by molar-refractivity contribution is -0.120. The maximum Gasteiger partial charge on any atom is 0.349 e. The zero-order valence-electron chi connectivity index (χ0n) is 8.04. The molecule has 0 spiro atoms. The van der Waals surface area contributed by atoms with Crippen LogP contribution >= 0.6 is 0 Å². The first kappa shape index (κ1) is 8.90. The predicted octanol–water partition coefficient (Wildman–Crippen LogP) is -1.04. The van der Waals surface area contributed by atoms with Crippen LogP contribution in [-0.4, -0.2) is 23.8 Å². The van der Waals surface area contributed by atoms with Crippen LogP contribution in [0.3, 0.4) is 0 Å². The van der Waals surface area contributed by atoms with E-state index in [1.807, 2.05) is 12.1 Å². The van der Waals surface area contributed by atoms with Gasteiger partial charge in [-0.15, -0.1) is 0 Å². The van der Waals surface area contributed by atoms with E-state index in [9.17, 15) is 9.59 Å². The number of rotatable bonds is 0. The smallest absolute Gasteiger partial charge is 0.274 e. The molecule has 1 aromatic carbocycles. The zero-order chi connectivity index (χ0) is 11.1. The summed E-state index contributed by atoms with van der Waals surface area (Å²) in [6.45, 7) is 0. The zero-order valence-corrected chi connectivity index (χ0v) is 8.04. The van der Waals surface area contributed by atoms with Crippen molar-refractivity contribution in [3.8, 4) is 0 Å². The lowest BCUT2D eigenvalue weighted by Gasteiger charge is -2.17. The van der Waals surface area contributed by atoms with E-state index >= 15 is 0 Å². The van der Waals surface area contributed by atoms with E-state index in [1.165, 1.54) is 0 Å². The number of amidine groups is 1. The van der Waals surface area contributed by atoms with E-state index in [2.05, 4.69) is 20.3 Å². The number of hydrogen-bond donors (Lipinski definition) is 1. The Bertz CT molecular complexity index is 647. The van der Waals surface area contributed by atoms with Gasteiger partial charge in [-0.05, 0) is 12.1 Å². The third-order valence-electron chi connectivity index (χ3n) is 2.32. The van der Waals surface area contributed by atoms with Crippen LogP contribution in [0.15, 0.2) is 39.2 Å². The number of aliphatic imine (C=N–C) groups is 1. The molecule has 1 unspecified atom stereocenters. The molecule has 6 heteroatoms. The second-order valence-corrected chi connectivity index (χ2v) is 3.40. The SMILES string of the molecule is O=C1N=C2N=c3ccccc3=NC2C(=O)N1. The average Bonchev–Trinajstić information content (AvgIpc) is 2.27. The molecule has 1 atom stereocenters. The minimum absolute atomic E-state index is 0.160. The highest BCUT2D eigenvalue weighted by molar-refractivity contribution is 6.19. The number of para-hydroxylation sites is 2. The molecule has 0 saturated heterocycles. The lowest BCUT2D eigenvalue weighted by atomic mass is 10.2. The van der Waals surface area contributed by atoms with Crippen molar-refractivity contribution in [3.63, 3.8) is 0 Å². The highest BCUT2D eigenvalue weighted by Crippen LogP contribution is 2.04. The largest absolute Gasteiger partial charge is 0.349 e. The van der Waals surface area contributed by atoms with Gasteiger partial charge < -0.3 is 0 Å². The topological polar surface area (TPSA) is 83.2 Å². The van der Waals surface area contributed by atoms with Crippen LogP contribution in [0.1, 0.15) is 0 Å². The highest BCUT2D eigenvalue weighted by atomic mass is 16.2. The number of imide groups is 1. The second-order valence-electron chi connectivity index (χ2n) is 3.40. The number of carbonyl (C=O) groups excluding carboxylic acids is 2. The minimum atomic E-state index is -0.799. The molecule has 2 aliphatic rings. The van der Waals surface area contributed by atoms with Crippen LogP contribution in [-0.2, 0) is 4.79 Å². The van der Waals surface area contributed by atoms with Crippen molar-refractivity contribution in [2.24, 2.45) is 15.0 Å². The summed E-state index contributed by atoms with van der Waals surface area (Å²) in [6, 6.07) is 5.66. The molecule has 0 fully saturated rings. The maximum absolute atomic E-state index is 11.5. The van der Waals surface area contributed by atoms with Gasteiger partial charge in [0.25, 0.3) is 5.91 Å². The Balaban J connectivity index is 2.29. The fourth-order valence-corrected chi connectivity index (χ4v) is 1.62. The summed E-state index contributed by atoms with van der Waals surface area (Å²) in [4.78, 5) is 34.5. The molecule has 6 nitrogen and oxygen atoms in total. The molecule has 16 heavy (non-hydrogen) atoms. The molecule has 0 bridgehead atoms. The molecule has 0 saturated carbocycles. The van der Waals surface area contributed by atoms with Gasteiger partial charge in [-0.3, -0.25) is 15.1 Å².